The van der Waals surface area contributed by atoms with E-state index < -0.39 is 0 Å². The van der Waals surface area contributed by atoms with Crippen molar-refractivity contribution >= 4 is 27.3 Å². The molecule has 5 heteroatoms. The van der Waals surface area contributed by atoms with E-state index >= 15 is 0 Å². The van der Waals surface area contributed by atoms with Crippen molar-refractivity contribution in [3.63, 3.8) is 0 Å². The molecule has 0 saturated carbocycles. The Bertz CT molecular complexity index is 576. The highest BCUT2D eigenvalue weighted by Crippen LogP contribution is 2.38. The molecule has 20 heavy (non-hydrogen) atoms. The minimum absolute atomic E-state index is 0.267. The van der Waals surface area contributed by atoms with Gasteiger partial charge in [-0.15, -0.1) is 11.3 Å². The number of hydrogen-bond acceptors (Lipinski definition) is 4. The van der Waals surface area contributed by atoms with E-state index in [4.69, 9.17) is 14.5 Å². The minimum atomic E-state index is -0.267. The smallest absolute Gasteiger partial charge is 0.125 e. The van der Waals surface area contributed by atoms with E-state index in [0.29, 0.717) is 0 Å². The Hall–Kier alpha value is -0.750. The van der Waals surface area contributed by atoms with Crippen molar-refractivity contribution < 1.29 is 9.47 Å². The lowest BCUT2D eigenvalue weighted by atomic mass is 9.95. The summed E-state index contributed by atoms with van der Waals surface area (Å²) in [7, 11) is 1.77. The molecule has 2 aromatic rings. The van der Waals surface area contributed by atoms with Gasteiger partial charge < -0.3 is 9.47 Å². The maximum absolute atomic E-state index is 5.79. The molecule has 0 spiro atoms. The first-order valence-corrected chi connectivity index (χ1v) is 8.26. The summed E-state index contributed by atoms with van der Waals surface area (Å²) < 4.78 is 12.3. The number of ether oxygens (including phenoxy) is 2. The molecule has 3 nitrogen and oxygen atoms in total. The van der Waals surface area contributed by atoms with Crippen LogP contribution in [0.2, 0.25) is 0 Å². The summed E-state index contributed by atoms with van der Waals surface area (Å²) >= 11 is 5.13. The quantitative estimate of drug-likeness (QED) is 0.827. The lowest BCUT2D eigenvalue weighted by molar-refractivity contribution is -0.0947. The highest BCUT2D eigenvalue weighted by molar-refractivity contribution is 9.10. The second-order valence-electron chi connectivity index (χ2n) is 4.86. The minimum Gasteiger partial charge on any atom is -0.381 e. The van der Waals surface area contributed by atoms with Crippen LogP contribution in [-0.4, -0.2) is 25.3 Å². The molecular formula is C15H16BrNO2S. The number of methoxy groups -OCH3 is 1. The number of halogens is 1. The molecule has 1 saturated heterocycles. The Morgan fingerprint density at radius 1 is 1.25 bits per heavy atom. The van der Waals surface area contributed by atoms with Crippen LogP contribution in [0.1, 0.15) is 17.8 Å². The van der Waals surface area contributed by atoms with Gasteiger partial charge in [0, 0.05) is 48.6 Å². The van der Waals surface area contributed by atoms with Gasteiger partial charge >= 0.3 is 0 Å². The number of hydrogen-bond donors (Lipinski definition) is 0. The van der Waals surface area contributed by atoms with Crippen LogP contribution in [0.15, 0.2) is 34.1 Å². The van der Waals surface area contributed by atoms with Crippen LogP contribution >= 0.6 is 27.3 Å². The highest BCUT2D eigenvalue weighted by atomic mass is 79.9. The van der Waals surface area contributed by atoms with Crippen LogP contribution in [-0.2, 0) is 15.1 Å². The number of thiazole rings is 1. The van der Waals surface area contributed by atoms with Crippen LogP contribution < -0.4 is 0 Å². The zero-order valence-electron chi connectivity index (χ0n) is 11.3. The fraction of sp³-hybridized carbons (Fsp3) is 0.400. The first-order chi connectivity index (χ1) is 9.73. The van der Waals surface area contributed by atoms with Crippen molar-refractivity contribution in [2.45, 2.75) is 18.4 Å². The van der Waals surface area contributed by atoms with E-state index in [1.54, 1.807) is 18.4 Å². The van der Waals surface area contributed by atoms with Crippen molar-refractivity contribution in [3.05, 3.63) is 39.1 Å². The molecular weight excluding hydrogens is 338 g/mol. The van der Waals surface area contributed by atoms with Gasteiger partial charge in [-0.05, 0) is 12.1 Å². The van der Waals surface area contributed by atoms with Gasteiger partial charge in [0.2, 0.25) is 0 Å². The van der Waals surface area contributed by atoms with E-state index in [1.165, 1.54) is 0 Å². The third-order valence-corrected chi connectivity index (χ3v) is 5.28. The predicted molar refractivity (Wildman–Crippen MR) is 84.0 cm³/mol. The fourth-order valence-electron chi connectivity index (χ4n) is 2.44. The van der Waals surface area contributed by atoms with Gasteiger partial charge in [-0.2, -0.15) is 0 Å². The van der Waals surface area contributed by atoms with E-state index in [2.05, 4.69) is 33.4 Å². The molecule has 0 amide bonds. The molecule has 0 atom stereocenters. The SMILES string of the molecule is COC1(c2nc(-c3ccc(Br)cc3)cs2)CCOCC1. The monoisotopic (exact) mass is 353 g/mol. The first kappa shape index (κ1) is 14.2. The maximum atomic E-state index is 5.79. The summed E-state index contributed by atoms with van der Waals surface area (Å²) in [6, 6.07) is 8.22. The molecule has 0 unspecified atom stereocenters. The van der Waals surface area contributed by atoms with Gasteiger partial charge in [0.05, 0.1) is 5.69 Å². The fourth-order valence-corrected chi connectivity index (χ4v) is 3.77. The topological polar surface area (TPSA) is 31.4 Å². The Balaban J connectivity index is 1.91. The Kier molecular flexibility index (Phi) is 4.21. The number of rotatable bonds is 3. The average Bonchev–Trinajstić information content (AvgIpc) is 2.99. The second-order valence-corrected chi connectivity index (χ2v) is 6.63. The molecule has 2 heterocycles. The molecule has 1 fully saturated rings. The van der Waals surface area contributed by atoms with Crippen molar-refractivity contribution in [1.82, 2.24) is 4.98 Å². The van der Waals surface area contributed by atoms with Crippen molar-refractivity contribution in [2.24, 2.45) is 0 Å². The average molecular weight is 354 g/mol. The van der Waals surface area contributed by atoms with Crippen LogP contribution in [0.5, 0.6) is 0 Å². The lowest BCUT2D eigenvalue weighted by Gasteiger charge is -2.33. The maximum Gasteiger partial charge on any atom is 0.125 e. The zero-order valence-corrected chi connectivity index (χ0v) is 13.7. The van der Waals surface area contributed by atoms with Crippen molar-refractivity contribution in [3.8, 4) is 11.3 Å². The largest absolute Gasteiger partial charge is 0.381 e. The number of nitrogens with zero attached hydrogens (tertiary/aromatic N) is 1. The van der Waals surface area contributed by atoms with Crippen LogP contribution in [0.3, 0.4) is 0 Å². The molecule has 0 bridgehead atoms. The molecule has 1 aliphatic heterocycles. The van der Waals surface area contributed by atoms with Crippen molar-refractivity contribution in [1.29, 1.82) is 0 Å². The summed E-state index contributed by atoms with van der Waals surface area (Å²) in [6.07, 6.45) is 1.74. The molecule has 1 aromatic carbocycles. The third-order valence-electron chi connectivity index (χ3n) is 3.73. The standard InChI is InChI=1S/C15H16BrNO2S/c1-18-15(6-8-19-9-7-15)14-17-13(10-20-14)11-2-4-12(16)5-3-11/h2-5,10H,6-9H2,1H3. The van der Waals surface area contributed by atoms with E-state index in [0.717, 1.165) is 46.8 Å². The zero-order chi connectivity index (χ0) is 14.0. The molecule has 1 aromatic heterocycles. The lowest BCUT2D eigenvalue weighted by Crippen LogP contribution is -2.35. The molecule has 106 valence electrons. The van der Waals surface area contributed by atoms with Gasteiger partial charge in [-0.3, -0.25) is 0 Å². The molecule has 0 aliphatic carbocycles. The van der Waals surface area contributed by atoms with Crippen molar-refractivity contribution in [2.75, 3.05) is 20.3 Å². The number of aromatic nitrogens is 1. The van der Waals surface area contributed by atoms with E-state index in [-0.39, 0.29) is 5.60 Å². The van der Waals surface area contributed by atoms with Gasteiger partial charge in [0.25, 0.3) is 0 Å². The summed E-state index contributed by atoms with van der Waals surface area (Å²) in [6.45, 7) is 1.47. The summed E-state index contributed by atoms with van der Waals surface area (Å²) in [5, 5.41) is 3.16. The highest BCUT2D eigenvalue weighted by Gasteiger charge is 2.37. The molecule has 0 N–H and O–H groups in total. The normalized spacial score (nSPS) is 18.1. The Labute approximate surface area is 131 Å². The summed E-state index contributed by atoms with van der Waals surface area (Å²) in [5.74, 6) is 0. The molecule has 1 aliphatic rings. The predicted octanol–water partition coefficient (Wildman–Crippen LogP) is 4.22. The third kappa shape index (κ3) is 2.68. The molecule has 0 radical (unpaired) electrons. The Morgan fingerprint density at radius 3 is 2.60 bits per heavy atom. The van der Waals surface area contributed by atoms with Gasteiger partial charge in [-0.1, -0.05) is 28.1 Å². The summed E-state index contributed by atoms with van der Waals surface area (Å²) in [5.41, 5.74) is 1.88. The summed E-state index contributed by atoms with van der Waals surface area (Å²) in [4.78, 5) is 4.80. The van der Waals surface area contributed by atoms with Gasteiger partial charge in [0.15, 0.2) is 0 Å². The number of benzene rings is 1. The van der Waals surface area contributed by atoms with E-state index in [1.807, 2.05) is 12.1 Å². The van der Waals surface area contributed by atoms with Gasteiger partial charge in [0.1, 0.15) is 10.6 Å². The van der Waals surface area contributed by atoms with Crippen LogP contribution in [0.25, 0.3) is 11.3 Å². The van der Waals surface area contributed by atoms with Gasteiger partial charge in [-0.25, -0.2) is 4.98 Å². The van der Waals surface area contributed by atoms with E-state index in [9.17, 15) is 0 Å². The van der Waals surface area contributed by atoms with Crippen LogP contribution in [0, 0.1) is 0 Å². The van der Waals surface area contributed by atoms with Crippen LogP contribution in [0.4, 0.5) is 0 Å². The first-order valence-electron chi connectivity index (χ1n) is 6.58. The second kappa shape index (κ2) is 5.93. The Morgan fingerprint density at radius 2 is 1.95 bits per heavy atom. The molecule has 3 rings (SSSR count).